The fourth-order valence-electron chi connectivity index (χ4n) is 2.95. The van der Waals surface area contributed by atoms with Gasteiger partial charge in [0.25, 0.3) is 0 Å². The maximum atomic E-state index is 11.4. The van der Waals surface area contributed by atoms with Crippen molar-refractivity contribution in [1.29, 1.82) is 0 Å². The van der Waals surface area contributed by atoms with E-state index in [1.807, 2.05) is 27.9 Å². The number of amides is 1. The van der Waals surface area contributed by atoms with Crippen LogP contribution in [0.1, 0.15) is 25.3 Å². The highest BCUT2D eigenvalue weighted by Crippen LogP contribution is 2.15. The predicted molar refractivity (Wildman–Crippen MR) is 85.7 cm³/mol. The molecule has 1 aliphatic rings. The number of likely N-dealkylation sites (tertiary alicyclic amines) is 1. The zero-order chi connectivity index (χ0) is 15.4. The van der Waals surface area contributed by atoms with Gasteiger partial charge in [-0.2, -0.15) is 5.10 Å². The topological polar surface area (TPSA) is 50.2 Å². The molecule has 1 aromatic carbocycles. The maximum Gasteiger partial charge on any atom is 0.219 e. The Bertz CT molecular complexity index is 615. The summed E-state index contributed by atoms with van der Waals surface area (Å²) in [6.07, 6.45) is 5.79. The number of carbonyl (C=O) groups excluding carboxylic acids is 1. The Morgan fingerprint density at radius 3 is 2.73 bits per heavy atom. The fourth-order valence-corrected chi connectivity index (χ4v) is 2.95. The minimum atomic E-state index is 0.183. The van der Waals surface area contributed by atoms with Crippen LogP contribution in [0.3, 0.4) is 0 Å². The highest BCUT2D eigenvalue weighted by atomic mass is 16.2. The summed E-state index contributed by atoms with van der Waals surface area (Å²) >= 11 is 0. The lowest BCUT2D eigenvalue weighted by Gasteiger charge is -2.32. The van der Waals surface area contributed by atoms with Crippen LogP contribution in [0.25, 0.3) is 5.69 Å². The first-order chi connectivity index (χ1) is 10.7. The lowest BCUT2D eigenvalue weighted by atomic mass is 10.0. The number of aromatic nitrogens is 2. The molecule has 1 aliphatic heterocycles. The van der Waals surface area contributed by atoms with Crippen LogP contribution in [0.5, 0.6) is 0 Å². The molecule has 0 atom stereocenters. The third-order valence-corrected chi connectivity index (χ3v) is 4.26. The summed E-state index contributed by atoms with van der Waals surface area (Å²) in [6.45, 7) is 4.18. The number of nitrogens with one attached hydrogen (secondary N) is 1. The van der Waals surface area contributed by atoms with Crippen LogP contribution in [0.4, 0.5) is 0 Å². The molecule has 1 saturated heterocycles. The summed E-state index contributed by atoms with van der Waals surface area (Å²) in [5, 5.41) is 7.94. The van der Waals surface area contributed by atoms with Crippen LogP contribution in [-0.2, 0) is 11.3 Å². The van der Waals surface area contributed by atoms with E-state index >= 15 is 0 Å². The van der Waals surface area contributed by atoms with Gasteiger partial charge in [0.2, 0.25) is 5.91 Å². The summed E-state index contributed by atoms with van der Waals surface area (Å²) in [4.78, 5) is 13.3. The molecule has 0 unspecified atom stereocenters. The fraction of sp³-hybridized carbons (Fsp3) is 0.412. The average Bonchev–Trinajstić information content (AvgIpc) is 3.08. The Balaban J connectivity index is 1.60. The molecule has 1 aromatic heterocycles. The van der Waals surface area contributed by atoms with Crippen LogP contribution in [-0.4, -0.2) is 39.7 Å². The zero-order valence-electron chi connectivity index (χ0n) is 12.9. The number of piperidine rings is 1. The molecule has 5 nitrogen and oxygen atoms in total. The first kappa shape index (κ1) is 14.8. The van der Waals surface area contributed by atoms with Crippen LogP contribution in [0.2, 0.25) is 0 Å². The quantitative estimate of drug-likeness (QED) is 0.939. The maximum absolute atomic E-state index is 11.4. The summed E-state index contributed by atoms with van der Waals surface area (Å²) < 4.78 is 1.90. The molecule has 5 heteroatoms. The van der Waals surface area contributed by atoms with Gasteiger partial charge >= 0.3 is 0 Å². The minimum Gasteiger partial charge on any atom is -0.343 e. The molecular formula is C17H22N4O. The van der Waals surface area contributed by atoms with Crippen molar-refractivity contribution in [3.05, 3.63) is 48.3 Å². The van der Waals surface area contributed by atoms with E-state index in [0.29, 0.717) is 6.04 Å². The van der Waals surface area contributed by atoms with E-state index in [2.05, 4.69) is 28.6 Å². The van der Waals surface area contributed by atoms with Crippen molar-refractivity contribution >= 4 is 5.91 Å². The second-order valence-electron chi connectivity index (χ2n) is 5.74. The first-order valence-electron chi connectivity index (χ1n) is 7.81. The monoisotopic (exact) mass is 298 g/mol. The molecule has 0 spiro atoms. The molecule has 0 radical (unpaired) electrons. The summed E-state index contributed by atoms with van der Waals surface area (Å²) in [5.74, 6) is 0.183. The Kier molecular flexibility index (Phi) is 4.53. The van der Waals surface area contributed by atoms with Crippen LogP contribution in [0.15, 0.2) is 42.7 Å². The number of carbonyl (C=O) groups is 1. The lowest BCUT2D eigenvalue weighted by molar-refractivity contribution is -0.129. The normalized spacial score (nSPS) is 16.0. The smallest absolute Gasteiger partial charge is 0.219 e. The Morgan fingerprint density at radius 1 is 1.27 bits per heavy atom. The first-order valence-corrected chi connectivity index (χ1v) is 7.81. The summed E-state index contributed by atoms with van der Waals surface area (Å²) in [6, 6.07) is 10.7. The lowest BCUT2D eigenvalue weighted by Crippen LogP contribution is -2.44. The highest BCUT2D eigenvalue weighted by molar-refractivity contribution is 5.73. The van der Waals surface area contributed by atoms with Gasteiger partial charge in [-0.25, -0.2) is 4.68 Å². The van der Waals surface area contributed by atoms with Gasteiger partial charge in [0.1, 0.15) is 0 Å². The minimum absolute atomic E-state index is 0.183. The van der Waals surface area contributed by atoms with E-state index in [1.165, 1.54) is 5.56 Å². The molecule has 22 heavy (non-hydrogen) atoms. The molecule has 1 N–H and O–H groups in total. The molecule has 0 bridgehead atoms. The van der Waals surface area contributed by atoms with Gasteiger partial charge in [-0.15, -0.1) is 0 Å². The molecule has 2 heterocycles. The van der Waals surface area contributed by atoms with Crippen molar-refractivity contribution in [2.45, 2.75) is 32.4 Å². The van der Waals surface area contributed by atoms with Crippen molar-refractivity contribution in [3.63, 3.8) is 0 Å². The predicted octanol–water partition coefficient (Wildman–Crippen LogP) is 1.97. The van der Waals surface area contributed by atoms with Crippen molar-refractivity contribution in [2.24, 2.45) is 0 Å². The number of hydrogen-bond acceptors (Lipinski definition) is 3. The number of benzene rings is 1. The van der Waals surface area contributed by atoms with Gasteiger partial charge < -0.3 is 10.2 Å². The SMILES string of the molecule is CC(=O)N1CCC(NCc2ccccc2-n2cccn2)CC1. The van der Waals surface area contributed by atoms with Gasteiger partial charge in [-0.1, -0.05) is 18.2 Å². The average molecular weight is 298 g/mol. The van der Waals surface area contributed by atoms with Crippen molar-refractivity contribution in [1.82, 2.24) is 20.0 Å². The number of hydrogen-bond donors (Lipinski definition) is 1. The number of nitrogens with zero attached hydrogens (tertiary/aromatic N) is 3. The van der Waals surface area contributed by atoms with Gasteiger partial charge in [0.05, 0.1) is 5.69 Å². The Labute approximate surface area is 130 Å². The van der Waals surface area contributed by atoms with Crippen LogP contribution in [0, 0.1) is 0 Å². The Morgan fingerprint density at radius 2 is 2.05 bits per heavy atom. The van der Waals surface area contributed by atoms with E-state index in [0.717, 1.165) is 38.2 Å². The van der Waals surface area contributed by atoms with E-state index in [9.17, 15) is 4.79 Å². The summed E-state index contributed by atoms with van der Waals surface area (Å²) in [7, 11) is 0. The number of rotatable bonds is 4. The van der Waals surface area contributed by atoms with Crippen LogP contribution < -0.4 is 5.32 Å². The molecule has 1 fully saturated rings. The molecule has 2 aromatic rings. The molecule has 0 aliphatic carbocycles. The van der Waals surface area contributed by atoms with E-state index < -0.39 is 0 Å². The third kappa shape index (κ3) is 3.36. The van der Waals surface area contributed by atoms with E-state index in [1.54, 1.807) is 13.1 Å². The van der Waals surface area contributed by atoms with Crippen molar-refractivity contribution in [3.8, 4) is 5.69 Å². The summed E-state index contributed by atoms with van der Waals surface area (Å²) in [5.41, 5.74) is 2.35. The van der Waals surface area contributed by atoms with Crippen molar-refractivity contribution in [2.75, 3.05) is 13.1 Å². The highest BCUT2D eigenvalue weighted by Gasteiger charge is 2.20. The Hall–Kier alpha value is -2.14. The van der Waals surface area contributed by atoms with Crippen molar-refractivity contribution < 1.29 is 4.79 Å². The van der Waals surface area contributed by atoms with Gasteiger partial charge in [-0.3, -0.25) is 4.79 Å². The van der Waals surface area contributed by atoms with Gasteiger partial charge in [0.15, 0.2) is 0 Å². The second-order valence-corrected chi connectivity index (χ2v) is 5.74. The van der Waals surface area contributed by atoms with E-state index in [4.69, 9.17) is 0 Å². The third-order valence-electron chi connectivity index (χ3n) is 4.26. The van der Waals surface area contributed by atoms with E-state index in [-0.39, 0.29) is 5.91 Å². The second kappa shape index (κ2) is 6.75. The molecule has 3 rings (SSSR count). The van der Waals surface area contributed by atoms with Gasteiger partial charge in [0, 0.05) is 45.0 Å². The standard InChI is InChI=1S/C17H22N4O/c1-14(22)20-11-7-16(8-12-20)18-13-15-5-2-3-6-17(15)21-10-4-9-19-21/h2-6,9-10,16,18H,7-8,11-13H2,1H3. The molecular weight excluding hydrogens is 276 g/mol. The number of para-hydroxylation sites is 1. The van der Waals surface area contributed by atoms with Crippen LogP contribution >= 0.6 is 0 Å². The zero-order valence-corrected chi connectivity index (χ0v) is 12.9. The van der Waals surface area contributed by atoms with Gasteiger partial charge in [-0.05, 0) is 30.5 Å². The molecule has 0 saturated carbocycles. The largest absolute Gasteiger partial charge is 0.343 e. The molecule has 116 valence electrons. The molecule has 1 amide bonds.